The van der Waals surface area contributed by atoms with E-state index < -0.39 is 0 Å². The molecule has 0 saturated carbocycles. The second-order valence-electron chi connectivity index (χ2n) is 7.37. The van der Waals surface area contributed by atoms with Gasteiger partial charge in [0.05, 0.1) is 11.9 Å². The molecule has 0 bridgehead atoms. The minimum atomic E-state index is 0. The molecule has 0 aliphatic heterocycles. The van der Waals surface area contributed by atoms with Crippen molar-refractivity contribution in [3.05, 3.63) is 78.5 Å². The van der Waals surface area contributed by atoms with Gasteiger partial charge in [-0.15, -0.1) is 34.2 Å². The zero-order valence-electron chi connectivity index (χ0n) is 18.4. The van der Waals surface area contributed by atoms with Crippen LogP contribution in [0.1, 0.15) is 24.7 Å². The van der Waals surface area contributed by atoms with Gasteiger partial charge in [0, 0.05) is 51.1 Å². The van der Waals surface area contributed by atoms with Crippen LogP contribution in [0.15, 0.2) is 72.1 Å². The van der Waals surface area contributed by atoms with Gasteiger partial charge in [-0.25, -0.2) is 4.68 Å². The largest absolute Gasteiger partial charge is 0.357 e. The Kier molecular flexibility index (Phi) is 8.60. The summed E-state index contributed by atoms with van der Waals surface area (Å²) in [7, 11) is 2.05. The molecule has 0 unspecified atom stereocenters. The fraction of sp³-hybridized carbons (Fsp3) is 0.304. The first kappa shape index (κ1) is 23.7. The van der Waals surface area contributed by atoms with Gasteiger partial charge in [-0.3, -0.25) is 9.39 Å². The Bertz CT molecular complexity index is 1140. The minimum absolute atomic E-state index is 0. The van der Waals surface area contributed by atoms with Crippen LogP contribution in [0.3, 0.4) is 0 Å². The van der Waals surface area contributed by atoms with Crippen LogP contribution in [0.2, 0.25) is 0 Å². The number of nitrogens with one attached hydrogen (secondary N) is 1. The van der Waals surface area contributed by atoms with E-state index in [1.807, 2.05) is 77.1 Å². The van der Waals surface area contributed by atoms with Gasteiger partial charge in [0.25, 0.3) is 0 Å². The highest BCUT2D eigenvalue weighted by molar-refractivity contribution is 14.0. The van der Waals surface area contributed by atoms with Crippen molar-refractivity contribution in [3.8, 4) is 5.69 Å². The number of guanidine groups is 1. The highest BCUT2D eigenvalue weighted by atomic mass is 127. The van der Waals surface area contributed by atoms with Crippen LogP contribution in [-0.2, 0) is 13.0 Å². The van der Waals surface area contributed by atoms with E-state index in [0.29, 0.717) is 0 Å². The Morgan fingerprint density at radius 1 is 1.09 bits per heavy atom. The molecule has 4 aromatic rings. The van der Waals surface area contributed by atoms with Crippen LogP contribution in [0.5, 0.6) is 0 Å². The summed E-state index contributed by atoms with van der Waals surface area (Å²) in [6.45, 7) is 4.35. The lowest BCUT2D eigenvalue weighted by molar-refractivity contribution is 0.476. The number of para-hydroxylation sites is 1. The van der Waals surface area contributed by atoms with Gasteiger partial charge in [0.15, 0.2) is 11.6 Å². The predicted octanol–water partition coefficient (Wildman–Crippen LogP) is 3.56. The van der Waals surface area contributed by atoms with E-state index in [9.17, 15) is 0 Å². The summed E-state index contributed by atoms with van der Waals surface area (Å²) in [5, 5.41) is 16.4. The quantitative estimate of drug-likeness (QED) is 0.159. The lowest BCUT2D eigenvalue weighted by Crippen LogP contribution is -2.38. The third kappa shape index (κ3) is 5.84. The van der Waals surface area contributed by atoms with Crippen molar-refractivity contribution in [2.24, 2.45) is 4.99 Å². The molecule has 0 spiro atoms. The van der Waals surface area contributed by atoms with E-state index in [2.05, 4.69) is 38.6 Å². The van der Waals surface area contributed by atoms with E-state index in [1.165, 1.54) is 0 Å². The first-order valence-electron chi connectivity index (χ1n) is 10.6. The van der Waals surface area contributed by atoms with Crippen LogP contribution < -0.4 is 5.32 Å². The number of rotatable bonds is 8. The number of fused-ring (bicyclic) bond motifs is 1. The molecule has 4 rings (SSSR count). The summed E-state index contributed by atoms with van der Waals surface area (Å²) < 4.78 is 3.93. The molecule has 0 aliphatic rings. The number of halogens is 1. The standard InChI is InChI=1S/C23H28N8.HI/c1-3-24-23(25-14-9-13-22-28-27-21-12-7-8-15-30(21)22)29(2)17-19-16-26-31(18-19)20-10-5-4-6-11-20;/h4-8,10-12,15-16,18H,3,9,13-14,17H2,1-2H3,(H,24,25);1H. The Morgan fingerprint density at radius 2 is 1.91 bits per heavy atom. The molecule has 0 aliphatic carbocycles. The molecule has 0 amide bonds. The Morgan fingerprint density at radius 3 is 2.72 bits per heavy atom. The van der Waals surface area contributed by atoms with Gasteiger partial charge < -0.3 is 10.2 Å². The maximum Gasteiger partial charge on any atom is 0.193 e. The second kappa shape index (κ2) is 11.6. The van der Waals surface area contributed by atoms with E-state index in [0.717, 1.165) is 61.2 Å². The first-order valence-corrected chi connectivity index (χ1v) is 10.6. The van der Waals surface area contributed by atoms with Gasteiger partial charge >= 0.3 is 0 Å². The second-order valence-corrected chi connectivity index (χ2v) is 7.37. The Balaban J connectivity index is 0.00000289. The topological polar surface area (TPSA) is 75.6 Å². The fourth-order valence-corrected chi connectivity index (χ4v) is 3.47. The molecule has 0 radical (unpaired) electrons. The number of benzene rings is 1. The number of aryl methyl sites for hydroxylation is 1. The number of aliphatic imine (C=N–C) groups is 1. The Hall–Kier alpha value is -2.95. The first-order chi connectivity index (χ1) is 15.2. The highest BCUT2D eigenvalue weighted by Crippen LogP contribution is 2.10. The van der Waals surface area contributed by atoms with E-state index in [-0.39, 0.29) is 24.0 Å². The summed E-state index contributed by atoms with van der Waals surface area (Å²) in [6, 6.07) is 16.1. The minimum Gasteiger partial charge on any atom is -0.357 e. The average molecular weight is 544 g/mol. The SMILES string of the molecule is CCNC(=NCCCc1nnc2ccccn12)N(C)Cc1cnn(-c2ccccc2)c1.I. The van der Waals surface area contributed by atoms with Crippen LogP contribution in [0, 0.1) is 0 Å². The molecule has 3 heterocycles. The Labute approximate surface area is 205 Å². The maximum atomic E-state index is 4.80. The average Bonchev–Trinajstić information content (AvgIpc) is 3.44. The van der Waals surface area contributed by atoms with Crippen LogP contribution >= 0.6 is 24.0 Å². The van der Waals surface area contributed by atoms with Gasteiger partial charge in [0.2, 0.25) is 0 Å². The van der Waals surface area contributed by atoms with Crippen molar-refractivity contribution in [2.45, 2.75) is 26.3 Å². The normalized spacial score (nSPS) is 11.4. The summed E-state index contributed by atoms with van der Waals surface area (Å²) in [5.74, 6) is 1.86. The van der Waals surface area contributed by atoms with Crippen molar-refractivity contribution in [2.75, 3.05) is 20.1 Å². The van der Waals surface area contributed by atoms with E-state index >= 15 is 0 Å². The molecule has 8 nitrogen and oxygen atoms in total. The molecule has 1 N–H and O–H groups in total. The summed E-state index contributed by atoms with van der Waals surface area (Å²) >= 11 is 0. The zero-order valence-corrected chi connectivity index (χ0v) is 20.8. The molecule has 9 heteroatoms. The van der Waals surface area contributed by atoms with Crippen molar-refractivity contribution in [1.82, 2.24) is 34.6 Å². The summed E-state index contributed by atoms with van der Waals surface area (Å²) in [6.07, 6.45) is 7.71. The van der Waals surface area contributed by atoms with E-state index in [4.69, 9.17) is 4.99 Å². The molecule has 168 valence electrons. The number of hydrogen-bond acceptors (Lipinski definition) is 4. The molecule has 1 aromatic carbocycles. The molecule has 32 heavy (non-hydrogen) atoms. The number of pyridine rings is 1. The van der Waals surface area contributed by atoms with Gasteiger partial charge in [0.1, 0.15) is 5.82 Å². The lowest BCUT2D eigenvalue weighted by Gasteiger charge is -2.21. The fourth-order valence-electron chi connectivity index (χ4n) is 3.47. The van der Waals surface area contributed by atoms with E-state index in [1.54, 1.807) is 0 Å². The maximum absolute atomic E-state index is 4.80. The number of nitrogens with zero attached hydrogens (tertiary/aromatic N) is 7. The van der Waals surface area contributed by atoms with Gasteiger partial charge in [-0.05, 0) is 37.6 Å². The van der Waals surface area contributed by atoms with Crippen LogP contribution in [-0.4, -0.2) is 55.4 Å². The van der Waals surface area contributed by atoms with Crippen LogP contribution in [0.4, 0.5) is 0 Å². The molecular formula is C23H29IN8. The lowest BCUT2D eigenvalue weighted by atomic mass is 10.3. The smallest absolute Gasteiger partial charge is 0.193 e. The van der Waals surface area contributed by atoms with Crippen LogP contribution in [0.25, 0.3) is 11.3 Å². The third-order valence-corrected chi connectivity index (χ3v) is 4.98. The number of hydrogen-bond donors (Lipinski definition) is 1. The third-order valence-electron chi connectivity index (χ3n) is 4.98. The summed E-state index contributed by atoms with van der Waals surface area (Å²) in [5.41, 5.74) is 3.06. The molecule has 0 saturated heterocycles. The van der Waals surface area contributed by atoms with Gasteiger partial charge in [-0.1, -0.05) is 24.3 Å². The number of aromatic nitrogens is 5. The van der Waals surface area contributed by atoms with Crippen molar-refractivity contribution in [3.63, 3.8) is 0 Å². The molecule has 0 atom stereocenters. The van der Waals surface area contributed by atoms with Crippen molar-refractivity contribution in [1.29, 1.82) is 0 Å². The molecular weight excluding hydrogens is 515 g/mol. The van der Waals surface area contributed by atoms with Crippen molar-refractivity contribution >= 4 is 35.6 Å². The van der Waals surface area contributed by atoms with Crippen molar-refractivity contribution < 1.29 is 0 Å². The molecule has 3 aromatic heterocycles. The molecule has 0 fully saturated rings. The monoisotopic (exact) mass is 544 g/mol. The van der Waals surface area contributed by atoms with Gasteiger partial charge in [-0.2, -0.15) is 5.10 Å². The summed E-state index contributed by atoms with van der Waals surface area (Å²) in [4.78, 5) is 6.93. The predicted molar refractivity (Wildman–Crippen MR) is 138 cm³/mol. The zero-order chi connectivity index (χ0) is 21.5. The highest BCUT2D eigenvalue weighted by Gasteiger charge is 2.09.